The zero-order chi connectivity index (χ0) is 20.6. The normalized spacial score (nSPS) is 18.4. The lowest BCUT2D eigenvalue weighted by atomic mass is 9.96. The molecule has 156 valence electrons. The van der Waals surface area contributed by atoms with E-state index in [0.717, 1.165) is 10.6 Å². The first kappa shape index (κ1) is 20.5. The SMILES string of the molecule is CS(=O)(=O)N1CCC(C(=O)N2CCc3nc(NC(=O)c4ccsc4)sc3C2)CC1. The topological polar surface area (TPSA) is 99.7 Å². The van der Waals surface area contributed by atoms with Gasteiger partial charge in [0.2, 0.25) is 15.9 Å². The van der Waals surface area contributed by atoms with Crippen molar-refractivity contribution in [3.8, 4) is 0 Å². The summed E-state index contributed by atoms with van der Waals surface area (Å²) in [5.41, 5.74) is 1.55. The number of fused-ring (bicyclic) bond motifs is 1. The molecular weight excluding hydrogens is 432 g/mol. The minimum Gasteiger partial charge on any atom is -0.337 e. The maximum absolute atomic E-state index is 12.9. The van der Waals surface area contributed by atoms with Crippen LogP contribution in [0.1, 0.15) is 33.8 Å². The molecule has 1 fully saturated rings. The van der Waals surface area contributed by atoms with E-state index in [1.165, 1.54) is 33.2 Å². The molecule has 0 bridgehead atoms. The monoisotopic (exact) mass is 454 g/mol. The highest BCUT2D eigenvalue weighted by atomic mass is 32.2. The number of nitrogens with zero attached hydrogens (tertiary/aromatic N) is 3. The lowest BCUT2D eigenvalue weighted by molar-refractivity contribution is -0.137. The van der Waals surface area contributed by atoms with Crippen LogP contribution in [0, 0.1) is 5.92 Å². The summed E-state index contributed by atoms with van der Waals surface area (Å²) in [6.45, 7) is 1.88. The smallest absolute Gasteiger partial charge is 0.258 e. The first-order valence-corrected chi connectivity index (χ1v) is 13.0. The average Bonchev–Trinajstić information content (AvgIpc) is 3.35. The standard InChI is InChI=1S/C18H22N4O4S3/c1-29(25,26)22-7-2-12(3-8-22)17(24)21-6-4-14-15(10-21)28-18(19-14)20-16(23)13-5-9-27-11-13/h5,9,11-12H,2-4,6-8,10H2,1H3,(H,19,20,23). The van der Waals surface area contributed by atoms with Crippen molar-refractivity contribution in [3.05, 3.63) is 33.0 Å². The fraction of sp³-hybridized carbons (Fsp3) is 0.500. The number of sulfonamides is 1. The molecule has 0 aliphatic carbocycles. The van der Waals surface area contributed by atoms with Crippen molar-refractivity contribution < 1.29 is 18.0 Å². The highest BCUT2D eigenvalue weighted by Gasteiger charge is 2.33. The maximum Gasteiger partial charge on any atom is 0.258 e. The molecule has 29 heavy (non-hydrogen) atoms. The Balaban J connectivity index is 1.37. The molecular formula is C18H22N4O4S3. The Bertz CT molecular complexity index is 1010. The number of rotatable bonds is 4. The Kier molecular flexibility index (Phi) is 5.74. The minimum atomic E-state index is -3.20. The number of thiophene rings is 1. The Labute approximate surface area is 177 Å². The van der Waals surface area contributed by atoms with Gasteiger partial charge in [-0.05, 0) is 24.3 Å². The molecule has 2 aromatic rings. The Morgan fingerprint density at radius 1 is 1.24 bits per heavy atom. The predicted octanol–water partition coefficient (Wildman–Crippen LogP) is 2.01. The second kappa shape index (κ2) is 8.13. The van der Waals surface area contributed by atoms with Crippen molar-refractivity contribution in [1.29, 1.82) is 0 Å². The fourth-order valence-corrected chi connectivity index (χ4v) is 6.22. The van der Waals surface area contributed by atoms with Crippen molar-refractivity contribution in [2.75, 3.05) is 31.2 Å². The number of amides is 2. The molecule has 0 radical (unpaired) electrons. The molecule has 8 nitrogen and oxygen atoms in total. The average molecular weight is 455 g/mol. The van der Waals surface area contributed by atoms with Gasteiger partial charge in [-0.3, -0.25) is 14.9 Å². The van der Waals surface area contributed by atoms with Gasteiger partial charge in [-0.15, -0.1) is 0 Å². The number of carbonyl (C=O) groups is 2. The van der Waals surface area contributed by atoms with Crippen LogP contribution in [0.5, 0.6) is 0 Å². The van der Waals surface area contributed by atoms with Crippen LogP contribution in [0.4, 0.5) is 5.13 Å². The first-order chi connectivity index (χ1) is 13.8. The first-order valence-electron chi connectivity index (χ1n) is 9.37. The van der Waals surface area contributed by atoms with E-state index >= 15 is 0 Å². The van der Waals surface area contributed by atoms with Crippen LogP contribution in [0.3, 0.4) is 0 Å². The van der Waals surface area contributed by atoms with Crippen LogP contribution in [-0.4, -0.2) is 60.3 Å². The summed E-state index contributed by atoms with van der Waals surface area (Å²) in [4.78, 5) is 32.5. The number of carbonyl (C=O) groups excluding carboxylic acids is 2. The number of hydrogen-bond acceptors (Lipinski definition) is 7. The third-order valence-electron chi connectivity index (χ3n) is 5.32. The summed E-state index contributed by atoms with van der Waals surface area (Å²) < 4.78 is 24.7. The van der Waals surface area contributed by atoms with Gasteiger partial charge in [0, 0.05) is 42.2 Å². The quantitative estimate of drug-likeness (QED) is 0.762. The second-order valence-corrected chi connectivity index (χ2v) is 11.1. The van der Waals surface area contributed by atoms with E-state index in [1.54, 1.807) is 11.4 Å². The number of aromatic nitrogens is 1. The largest absolute Gasteiger partial charge is 0.337 e. The lowest BCUT2D eigenvalue weighted by Crippen LogP contribution is -2.45. The van der Waals surface area contributed by atoms with Crippen molar-refractivity contribution in [3.63, 3.8) is 0 Å². The van der Waals surface area contributed by atoms with E-state index in [1.807, 2.05) is 10.3 Å². The summed E-state index contributed by atoms with van der Waals surface area (Å²) >= 11 is 2.88. The van der Waals surface area contributed by atoms with Crippen LogP contribution in [0.25, 0.3) is 0 Å². The lowest BCUT2D eigenvalue weighted by Gasteiger charge is -2.34. The Morgan fingerprint density at radius 2 is 2.00 bits per heavy atom. The van der Waals surface area contributed by atoms with Crippen LogP contribution >= 0.6 is 22.7 Å². The maximum atomic E-state index is 12.9. The molecule has 11 heteroatoms. The summed E-state index contributed by atoms with van der Waals surface area (Å²) in [6.07, 6.45) is 2.98. The minimum absolute atomic E-state index is 0.0843. The van der Waals surface area contributed by atoms with E-state index in [2.05, 4.69) is 10.3 Å². The molecule has 4 rings (SSSR count). The van der Waals surface area contributed by atoms with Crippen molar-refractivity contribution in [1.82, 2.24) is 14.2 Å². The number of nitrogens with one attached hydrogen (secondary N) is 1. The number of piperidine rings is 1. The number of anilines is 1. The van der Waals surface area contributed by atoms with Gasteiger partial charge in [-0.2, -0.15) is 11.3 Å². The highest BCUT2D eigenvalue weighted by molar-refractivity contribution is 7.88. The molecule has 0 spiro atoms. The van der Waals surface area contributed by atoms with Gasteiger partial charge in [0.05, 0.1) is 24.1 Å². The van der Waals surface area contributed by atoms with Crippen LogP contribution < -0.4 is 5.32 Å². The van der Waals surface area contributed by atoms with Gasteiger partial charge in [-0.1, -0.05) is 11.3 Å². The molecule has 1 N–H and O–H groups in total. The van der Waals surface area contributed by atoms with Gasteiger partial charge < -0.3 is 4.90 Å². The third-order valence-corrected chi connectivity index (χ3v) is 8.30. The summed E-state index contributed by atoms with van der Waals surface area (Å²) in [5, 5.41) is 7.04. The molecule has 1 saturated heterocycles. The van der Waals surface area contributed by atoms with Crippen LogP contribution in [0.15, 0.2) is 16.8 Å². The highest BCUT2D eigenvalue weighted by Crippen LogP contribution is 2.30. The van der Waals surface area contributed by atoms with Gasteiger partial charge in [-0.25, -0.2) is 17.7 Å². The number of thiazole rings is 1. The third kappa shape index (κ3) is 4.52. The molecule has 2 aliphatic rings. The van der Waals surface area contributed by atoms with E-state index in [9.17, 15) is 18.0 Å². The summed E-state index contributed by atoms with van der Waals surface area (Å²) in [7, 11) is -3.20. The zero-order valence-electron chi connectivity index (χ0n) is 16.0. The molecule has 4 heterocycles. The van der Waals surface area contributed by atoms with Crippen LogP contribution in [-0.2, 0) is 27.8 Å². The van der Waals surface area contributed by atoms with Gasteiger partial charge in [0.15, 0.2) is 5.13 Å². The van der Waals surface area contributed by atoms with Gasteiger partial charge in [0.1, 0.15) is 0 Å². The van der Waals surface area contributed by atoms with E-state index in [0.29, 0.717) is 56.1 Å². The molecule has 2 aromatic heterocycles. The molecule has 2 aliphatic heterocycles. The zero-order valence-corrected chi connectivity index (χ0v) is 18.4. The van der Waals surface area contributed by atoms with E-state index in [4.69, 9.17) is 0 Å². The molecule has 0 aromatic carbocycles. The predicted molar refractivity (Wildman–Crippen MR) is 113 cm³/mol. The van der Waals surface area contributed by atoms with Gasteiger partial charge >= 0.3 is 0 Å². The molecule has 0 saturated carbocycles. The Morgan fingerprint density at radius 3 is 2.66 bits per heavy atom. The molecule has 2 amide bonds. The summed E-state index contributed by atoms with van der Waals surface area (Å²) in [5.74, 6) is -0.232. The van der Waals surface area contributed by atoms with Crippen molar-refractivity contribution in [2.24, 2.45) is 5.92 Å². The van der Waals surface area contributed by atoms with Crippen LogP contribution in [0.2, 0.25) is 0 Å². The Hall–Kier alpha value is -1.82. The fourth-order valence-electron chi connectivity index (χ4n) is 3.69. The molecule has 0 unspecified atom stereocenters. The second-order valence-electron chi connectivity index (χ2n) is 7.30. The van der Waals surface area contributed by atoms with Crippen molar-refractivity contribution >= 4 is 49.6 Å². The molecule has 0 atom stereocenters. The van der Waals surface area contributed by atoms with E-state index < -0.39 is 10.0 Å². The van der Waals surface area contributed by atoms with E-state index in [-0.39, 0.29) is 17.7 Å². The summed E-state index contributed by atoms with van der Waals surface area (Å²) in [6, 6.07) is 1.77. The van der Waals surface area contributed by atoms with Crippen molar-refractivity contribution in [2.45, 2.75) is 25.8 Å². The number of hydrogen-bond donors (Lipinski definition) is 1. The van der Waals surface area contributed by atoms with Gasteiger partial charge in [0.25, 0.3) is 5.91 Å².